The first kappa shape index (κ1) is 16.6. The summed E-state index contributed by atoms with van der Waals surface area (Å²) in [5, 5.41) is 3.49. The lowest BCUT2D eigenvalue weighted by molar-refractivity contribution is 0.00578. The van der Waals surface area contributed by atoms with E-state index < -0.39 is 0 Å². The second-order valence-electron chi connectivity index (χ2n) is 8.78. The number of nitrogens with one attached hydrogen (secondary N) is 1. The Hall–Kier alpha value is -0.835. The molecule has 130 valence electrons. The summed E-state index contributed by atoms with van der Waals surface area (Å²) in [6, 6.07) is 7.06. The van der Waals surface area contributed by atoms with Crippen LogP contribution >= 0.6 is 0 Å². The van der Waals surface area contributed by atoms with Crippen LogP contribution in [0.3, 0.4) is 0 Å². The maximum Gasteiger partial charge on any atom is 0.495 e. The Morgan fingerprint density at radius 2 is 1.54 bits per heavy atom. The van der Waals surface area contributed by atoms with Crippen molar-refractivity contribution in [2.45, 2.75) is 76.4 Å². The van der Waals surface area contributed by atoms with Gasteiger partial charge in [0.2, 0.25) is 0 Å². The molecule has 1 aromatic carbocycles. The fourth-order valence-electron chi connectivity index (χ4n) is 3.93. The molecule has 3 nitrogen and oxygen atoms in total. The highest BCUT2D eigenvalue weighted by Gasteiger charge is 2.52. The van der Waals surface area contributed by atoms with Crippen molar-refractivity contribution in [1.29, 1.82) is 0 Å². The van der Waals surface area contributed by atoms with Gasteiger partial charge in [0.25, 0.3) is 0 Å². The van der Waals surface area contributed by atoms with E-state index in [1.165, 1.54) is 42.3 Å². The molecule has 0 aromatic heterocycles. The number of benzene rings is 1. The molecule has 0 radical (unpaired) electrons. The molecule has 3 aliphatic rings. The molecule has 0 spiro atoms. The molecule has 3 fully saturated rings. The molecule has 0 bridgehead atoms. The van der Waals surface area contributed by atoms with Crippen LogP contribution < -0.4 is 10.8 Å². The summed E-state index contributed by atoms with van der Waals surface area (Å²) in [7, 11) is -0.242. The Labute approximate surface area is 146 Å². The van der Waals surface area contributed by atoms with E-state index in [0.717, 1.165) is 19.0 Å². The lowest BCUT2D eigenvalue weighted by atomic mass is 9.71. The van der Waals surface area contributed by atoms with Gasteiger partial charge in [0.15, 0.2) is 0 Å². The Morgan fingerprint density at radius 1 is 0.917 bits per heavy atom. The highest BCUT2D eigenvalue weighted by molar-refractivity contribution is 6.62. The standard InChI is InChI=1S/C20H30BNO2/c1-19(2)20(3,4)24-21(23-19)18-8-7-16(14-5-6-14)13-17(18)15-9-11-22-12-10-15/h7-8,13-15,22H,5-6,9-12H2,1-4H3. The molecule has 1 N–H and O–H groups in total. The summed E-state index contributed by atoms with van der Waals surface area (Å²) in [5.41, 5.74) is 3.68. The van der Waals surface area contributed by atoms with E-state index in [9.17, 15) is 0 Å². The molecule has 24 heavy (non-hydrogen) atoms. The first-order chi connectivity index (χ1) is 11.4. The Balaban J connectivity index is 1.69. The van der Waals surface area contributed by atoms with Crippen LogP contribution in [0.25, 0.3) is 0 Å². The average Bonchev–Trinajstić information content (AvgIpc) is 3.36. The Bertz CT molecular complexity index is 602. The van der Waals surface area contributed by atoms with Gasteiger partial charge in [0.05, 0.1) is 11.2 Å². The molecular formula is C20H30BNO2. The quantitative estimate of drug-likeness (QED) is 0.864. The van der Waals surface area contributed by atoms with E-state index in [2.05, 4.69) is 51.2 Å². The first-order valence-corrected chi connectivity index (χ1v) is 9.57. The van der Waals surface area contributed by atoms with Crippen molar-refractivity contribution in [1.82, 2.24) is 5.32 Å². The van der Waals surface area contributed by atoms with Crippen molar-refractivity contribution in [3.8, 4) is 0 Å². The zero-order valence-electron chi connectivity index (χ0n) is 15.5. The minimum absolute atomic E-state index is 0.242. The molecule has 1 saturated carbocycles. The minimum Gasteiger partial charge on any atom is -0.399 e. The van der Waals surface area contributed by atoms with E-state index in [1.54, 1.807) is 0 Å². The van der Waals surface area contributed by atoms with E-state index in [-0.39, 0.29) is 18.3 Å². The van der Waals surface area contributed by atoms with Gasteiger partial charge in [-0.15, -0.1) is 0 Å². The zero-order chi connectivity index (χ0) is 16.9. The largest absolute Gasteiger partial charge is 0.495 e. The third-order valence-electron chi connectivity index (χ3n) is 6.45. The van der Waals surface area contributed by atoms with Crippen molar-refractivity contribution in [2.75, 3.05) is 13.1 Å². The van der Waals surface area contributed by atoms with Crippen molar-refractivity contribution >= 4 is 12.6 Å². The smallest absolute Gasteiger partial charge is 0.399 e. The molecule has 0 amide bonds. The monoisotopic (exact) mass is 327 g/mol. The van der Waals surface area contributed by atoms with Gasteiger partial charge in [-0.2, -0.15) is 0 Å². The van der Waals surface area contributed by atoms with Gasteiger partial charge in [0, 0.05) is 0 Å². The van der Waals surface area contributed by atoms with Gasteiger partial charge in [-0.3, -0.25) is 0 Å². The van der Waals surface area contributed by atoms with Gasteiger partial charge >= 0.3 is 7.12 Å². The second-order valence-corrected chi connectivity index (χ2v) is 8.78. The zero-order valence-corrected chi connectivity index (χ0v) is 15.5. The van der Waals surface area contributed by atoms with Gasteiger partial charge in [-0.1, -0.05) is 18.2 Å². The number of hydrogen-bond acceptors (Lipinski definition) is 3. The van der Waals surface area contributed by atoms with Crippen molar-refractivity contribution in [3.05, 3.63) is 29.3 Å². The minimum atomic E-state index is -0.280. The van der Waals surface area contributed by atoms with Crippen LogP contribution in [-0.4, -0.2) is 31.4 Å². The Morgan fingerprint density at radius 3 is 2.12 bits per heavy atom. The molecule has 1 aromatic rings. The molecule has 4 rings (SSSR count). The maximum atomic E-state index is 6.36. The first-order valence-electron chi connectivity index (χ1n) is 9.57. The molecule has 4 heteroatoms. The van der Waals surface area contributed by atoms with Crippen molar-refractivity contribution in [3.63, 3.8) is 0 Å². The van der Waals surface area contributed by atoms with E-state index in [1.807, 2.05) is 0 Å². The third-order valence-corrected chi connectivity index (χ3v) is 6.45. The van der Waals surface area contributed by atoms with Crippen LogP contribution in [0.2, 0.25) is 0 Å². The van der Waals surface area contributed by atoms with E-state index >= 15 is 0 Å². The highest BCUT2D eigenvalue weighted by Crippen LogP contribution is 2.42. The number of piperidine rings is 1. The molecule has 2 aliphatic heterocycles. The summed E-state index contributed by atoms with van der Waals surface area (Å²) in [5.74, 6) is 1.41. The fourth-order valence-corrected chi connectivity index (χ4v) is 3.93. The highest BCUT2D eigenvalue weighted by atomic mass is 16.7. The maximum absolute atomic E-state index is 6.36. The molecular weight excluding hydrogens is 297 g/mol. The van der Waals surface area contributed by atoms with Crippen LogP contribution in [-0.2, 0) is 9.31 Å². The summed E-state index contributed by atoms with van der Waals surface area (Å²) in [6.45, 7) is 10.8. The van der Waals surface area contributed by atoms with Crippen molar-refractivity contribution < 1.29 is 9.31 Å². The number of rotatable bonds is 3. The SMILES string of the molecule is CC1(C)OB(c2ccc(C3CC3)cc2C2CCNCC2)OC1(C)C. The predicted molar refractivity (Wildman–Crippen MR) is 99.0 cm³/mol. The third kappa shape index (κ3) is 2.93. The molecule has 2 saturated heterocycles. The van der Waals surface area contributed by atoms with E-state index in [4.69, 9.17) is 9.31 Å². The van der Waals surface area contributed by atoms with Gasteiger partial charge in [0.1, 0.15) is 0 Å². The summed E-state index contributed by atoms with van der Waals surface area (Å²) >= 11 is 0. The van der Waals surface area contributed by atoms with Crippen LogP contribution in [0.4, 0.5) is 0 Å². The lowest BCUT2D eigenvalue weighted by Gasteiger charge is -2.32. The molecule has 0 unspecified atom stereocenters. The van der Waals surface area contributed by atoms with Gasteiger partial charge in [-0.05, 0) is 94.9 Å². The van der Waals surface area contributed by atoms with Crippen LogP contribution in [0.5, 0.6) is 0 Å². The van der Waals surface area contributed by atoms with Crippen LogP contribution in [0, 0.1) is 0 Å². The molecule has 1 aliphatic carbocycles. The van der Waals surface area contributed by atoms with Gasteiger partial charge in [-0.25, -0.2) is 0 Å². The van der Waals surface area contributed by atoms with E-state index in [0.29, 0.717) is 5.92 Å². The summed E-state index contributed by atoms with van der Waals surface area (Å²) < 4.78 is 12.7. The fraction of sp³-hybridized carbons (Fsp3) is 0.700. The molecule has 2 heterocycles. The summed E-state index contributed by atoms with van der Waals surface area (Å²) in [6.07, 6.45) is 5.12. The van der Waals surface area contributed by atoms with Gasteiger partial charge < -0.3 is 14.6 Å². The normalized spacial score (nSPS) is 26.8. The molecule has 0 atom stereocenters. The average molecular weight is 327 g/mol. The topological polar surface area (TPSA) is 30.5 Å². The van der Waals surface area contributed by atoms with Crippen LogP contribution in [0.1, 0.15) is 76.3 Å². The predicted octanol–water partition coefficient (Wildman–Crippen LogP) is 3.33. The summed E-state index contributed by atoms with van der Waals surface area (Å²) in [4.78, 5) is 0. The van der Waals surface area contributed by atoms with Crippen LogP contribution in [0.15, 0.2) is 18.2 Å². The second kappa shape index (κ2) is 5.86. The lowest BCUT2D eigenvalue weighted by Crippen LogP contribution is -2.41. The number of hydrogen-bond donors (Lipinski definition) is 1. The Kier molecular flexibility index (Phi) is 4.06. The van der Waals surface area contributed by atoms with Crippen molar-refractivity contribution in [2.24, 2.45) is 0 Å².